The molecule has 57 heavy (non-hydrogen) atoms. The molecule has 0 N–H and O–H groups in total. The summed E-state index contributed by atoms with van der Waals surface area (Å²) in [5, 5.41) is 0. The summed E-state index contributed by atoms with van der Waals surface area (Å²) in [6.45, 7) is 6.42. The minimum Gasteiger partial charge on any atom is -0.462 e. The molecule has 0 aliphatic heterocycles. The van der Waals surface area contributed by atoms with E-state index in [1.807, 2.05) is 12.2 Å². The number of ether oxygens (including phenoxy) is 3. The average molecular weight is 795 g/mol. The van der Waals surface area contributed by atoms with E-state index in [0.717, 1.165) is 77.0 Å². The number of carbonyl (C=O) groups excluding carboxylic acids is 3. The van der Waals surface area contributed by atoms with Crippen molar-refractivity contribution < 1.29 is 28.6 Å². The first kappa shape index (κ1) is 53.9. The Morgan fingerprint density at radius 3 is 1.07 bits per heavy atom. The Morgan fingerprint density at radius 2 is 0.684 bits per heavy atom. The van der Waals surface area contributed by atoms with Crippen molar-refractivity contribution in [2.75, 3.05) is 13.2 Å². The normalized spacial score (nSPS) is 12.7. The Kier molecular flexibility index (Phi) is 43.0. The highest BCUT2D eigenvalue weighted by Gasteiger charge is 2.19. The number of allylic oxidation sites excluding steroid dienone is 12. The Labute approximate surface area is 351 Å². The molecule has 0 spiro atoms. The third kappa shape index (κ3) is 43.8. The van der Waals surface area contributed by atoms with Crippen LogP contribution < -0.4 is 0 Å². The van der Waals surface area contributed by atoms with Crippen molar-refractivity contribution in [3.8, 4) is 0 Å². The average Bonchev–Trinajstić information content (AvgIpc) is 3.21. The molecule has 6 nitrogen and oxygen atoms in total. The summed E-state index contributed by atoms with van der Waals surface area (Å²) < 4.78 is 16.6. The largest absolute Gasteiger partial charge is 0.462 e. The summed E-state index contributed by atoms with van der Waals surface area (Å²) in [7, 11) is 0. The van der Waals surface area contributed by atoms with E-state index in [0.29, 0.717) is 19.3 Å². The van der Waals surface area contributed by atoms with Crippen LogP contribution in [0.4, 0.5) is 0 Å². The van der Waals surface area contributed by atoms with Gasteiger partial charge in [0.2, 0.25) is 0 Å². The van der Waals surface area contributed by atoms with E-state index in [2.05, 4.69) is 81.5 Å². The van der Waals surface area contributed by atoms with Crippen LogP contribution in [0, 0.1) is 0 Å². The van der Waals surface area contributed by atoms with E-state index >= 15 is 0 Å². The molecule has 0 rings (SSSR count). The maximum atomic E-state index is 12.7. The maximum Gasteiger partial charge on any atom is 0.306 e. The molecule has 1 atom stereocenters. The lowest BCUT2D eigenvalue weighted by Crippen LogP contribution is -2.30. The topological polar surface area (TPSA) is 78.9 Å². The lowest BCUT2D eigenvalue weighted by atomic mass is 10.1. The third-order valence-corrected chi connectivity index (χ3v) is 9.74. The van der Waals surface area contributed by atoms with Crippen molar-refractivity contribution in [3.05, 3.63) is 72.9 Å². The van der Waals surface area contributed by atoms with E-state index in [4.69, 9.17) is 14.2 Å². The monoisotopic (exact) mass is 795 g/mol. The van der Waals surface area contributed by atoms with Gasteiger partial charge in [0.05, 0.1) is 0 Å². The first-order valence-electron chi connectivity index (χ1n) is 23.4. The second-order valence-corrected chi connectivity index (χ2v) is 15.3. The molecule has 0 bridgehead atoms. The standard InChI is InChI=1S/C51H86O6/c1-4-7-10-13-16-19-22-23-24-25-26-27-28-29-30-33-35-38-41-44-50(53)56-47-48(57-51(54)45-42-39-36-32-21-18-15-12-9-6-3)46-55-49(52)43-40-37-34-31-20-17-14-11-8-5-2/h7,10,16,19,23-24,26-27,29-30,35,38,48H,4-6,8-9,11-15,17-18,20-22,25,28,31-34,36-37,39-47H2,1-3H3/b10-7-,19-16-,24-23-,27-26-,30-29-,38-35-/t48-/m1/s1. The maximum absolute atomic E-state index is 12.7. The van der Waals surface area contributed by atoms with Crippen LogP contribution >= 0.6 is 0 Å². The molecule has 0 unspecified atom stereocenters. The molecule has 0 aliphatic rings. The molecule has 0 aromatic heterocycles. The Hall–Kier alpha value is -3.15. The van der Waals surface area contributed by atoms with Gasteiger partial charge in [-0.3, -0.25) is 14.4 Å². The van der Waals surface area contributed by atoms with Gasteiger partial charge in [-0.2, -0.15) is 0 Å². The van der Waals surface area contributed by atoms with Gasteiger partial charge in [-0.05, 0) is 57.8 Å². The quantitative estimate of drug-likeness (QED) is 0.0265. The zero-order valence-electron chi connectivity index (χ0n) is 37.1. The van der Waals surface area contributed by atoms with E-state index < -0.39 is 6.10 Å². The van der Waals surface area contributed by atoms with E-state index in [-0.39, 0.29) is 37.5 Å². The summed E-state index contributed by atoms with van der Waals surface area (Å²) in [4.78, 5) is 37.7. The SMILES string of the molecule is CC/C=C\C/C=C\C/C=C\C/C=C\C/C=C\C/C=C\CCC(=O)OC[C@@H](COC(=O)CCCCCCCCCCCC)OC(=O)CCCCCCCCCCCC. The summed E-state index contributed by atoms with van der Waals surface area (Å²) in [6.07, 6.45) is 56.1. The van der Waals surface area contributed by atoms with Crippen molar-refractivity contribution in [1.82, 2.24) is 0 Å². The molecule has 0 saturated carbocycles. The second-order valence-electron chi connectivity index (χ2n) is 15.3. The molecule has 0 amide bonds. The van der Waals surface area contributed by atoms with Crippen LogP contribution in [-0.2, 0) is 28.6 Å². The van der Waals surface area contributed by atoms with Crippen molar-refractivity contribution in [2.24, 2.45) is 0 Å². The first-order chi connectivity index (χ1) is 28.0. The van der Waals surface area contributed by atoms with Gasteiger partial charge in [0, 0.05) is 19.3 Å². The minimum atomic E-state index is -0.799. The predicted octanol–water partition coefficient (Wildman–Crippen LogP) is 15.1. The van der Waals surface area contributed by atoms with Gasteiger partial charge in [0.25, 0.3) is 0 Å². The zero-order chi connectivity index (χ0) is 41.5. The Balaban J connectivity index is 4.45. The number of rotatable bonds is 41. The number of esters is 3. The molecule has 0 saturated heterocycles. The second kappa shape index (κ2) is 45.6. The van der Waals surface area contributed by atoms with Gasteiger partial charge in [0.1, 0.15) is 13.2 Å². The minimum absolute atomic E-state index is 0.0964. The molecule has 0 radical (unpaired) electrons. The fourth-order valence-corrected chi connectivity index (χ4v) is 6.23. The van der Waals surface area contributed by atoms with Crippen molar-refractivity contribution in [3.63, 3.8) is 0 Å². The van der Waals surface area contributed by atoms with Crippen molar-refractivity contribution >= 4 is 17.9 Å². The number of hydrogen-bond donors (Lipinski definition) is 0. The highest BCUT2D eigenvalue weighted by molar-refractivity contribution is 5.71. The molecule has 0 heterocycles. The molecule has 0 fully saturated rings. The highest BCUT2D eigenvalue weighted by Crippen LogP contribution is 2.14. The van der Waals surface area contributed by atoms with Crippen molar-refractivity contribution in [1.29, 1.82) is 0 Å². The Morgan fingerprint density at radius 1 is 0.368 bits per heavy atom. The molecular formula is C51H86O6. The summed E-state index contributed by atoms with van der Waals surface area (Å²) in [5.74, 6) is -0.990. The van der Waals surface area contributed by atoms with Crippen LogP contribution in [0.25, 0.3) is 0 Å². The van der Waals surface area contributed by atoms with Crippen LogP contribution in [0.1, 0.15) is 213 Å². The predicted molar refractivity (Wildman–Crippen MR) is 242 cm³/mol. The summed E-state index contributed by atoms with van der Waals surface area (Å²) >= 11 is 0. The zero-order valence-corrected chi connectivity index (χ0v) is 37.1. The first-order valence-corrected chi connectivity index (χ1v) is 23.4. The number of unbranched alkanes of at least 4 members (excludes halogenated alkanes) is 18. The summed E-state index contributed by atoms with van der Waals surface area (Å²) in [5.41, 5.74) is 0. The molecular weight excluding hydrogens is 709 g/mol. The lowest BCUT2D eigenvalue weighted by Gasteiger charge is -2.18. The van der Waals surface area contributed by atoms with Crippen LogP contribution in [0.15, 0.2) is 72.9 Å². The fourth-order valence-electron chi connectivity index (χ4n) is 6.23. The fraction of sp³-hybridized carbons (Fsp3) is 0.706. The summed E-state index contributed by atoms with van der Waals surface area (Å²) in [6, 6.07) is 0. The van der Waals surface area contributed by atoms with Crippen LogP contribution in [0.3, 0.4) is 0 Å². The number of carbonyl (C=O) groups is 3. The lowest BCUT2D eigenvalue weighted by molar-refractivity contribution is -0.166. The molecule has 0 aromatic carbocycles. The smallest absolute Gasteiger partial charge is 0.306 e. The van der Waals surface area contributed by atoms with E-state index in [1.54, 1.807) is 0 Å². The highest BCUT2D eigenvalue weighted by atomic mass is 16.6. The van der Waals surface area contributed by atoms with Gasteiger partial charge in [0.15, 0.2) is 6.10 Å². The molecule has 0 aliphatic carbocycles. The third-order valence-electron chi connectivity index (χ3n) is 9.74. The van der Waals surface area contributed by atoms with Gasteiger partial charge in [-0.25, -0.2) is 0 Å². The van der Waals surface area contributed by atoms with Crippen LogP contribution in [0.5, 0.6) is 0 Å². The number of hydrogen-bond acceptors (Lipinski definition) is 6. The molecule has 6 heteroatoms. The Bertz CT molecular complexity index is 1100. The van der Waals surface area contributed by atoms with E-state index in [9.17, 15) is 14.4 Å². The van der Waals surface area contributed by atoms with Gasteiger partial charge in [-0.1, -0.05) is 209 Å². The van der Waals surface area contributed by atoms with Gasteiger partial charge in [-0.15, -0.1) is 0 Å². The van der Waals surface area contributed by atoms with E-state index in [1.165, 1.54) is 89.9 Å². The van der Waals surface area contributed by atoms with Gasteiger partial charge < -0.3 is 14.2 Å². The molecule has 0 aromatic rings. The van der Waals surface area contributed by atoms with Gasteiger partial charge >= 0.3 is 17.9 Å². The van der Waals surface area contributed by atoms with Crippen LogP contribution in [0.2, 0.25) is 0 Å². The van der Waals surface area contributed by atoms with Crippen LogP contribution in [-0.4, -0.2) is 37.2 Å². The molecule has 326 valence electrons. The van der Waals surface area contributed by atoms with Crippen molar-refractivity contribution in [2.45, 2.75) is 219 Å².